The monoisotopic (exact) mass is 460 g/mol. The Kier molecular flexibility index (Phi) is 6.46. The van der Waals surface area contributed by atoms with E-state index in [4.69, 9.17) is 5.26 Å². The second-order valence-electron chi connectivity index (χ2n) is 8.35. The first-order valence-electron chi connectivity index (χ1n) is 10.8. The van der Waals surface area contributed by atoms with Gasteiger partial charge in [-0.15, -0.1) is 0 Å². The number of pyridine rings is 2. The molecule has 0 saturated carbocycles. The van der Waals surface area contributed by atoms with E-state index >= 15 is 0 Å². The van der Waals surface area contributed by atoms with Gasteiger partial charge in [0.1, 0.15) is 6.04 Å². The van der Waals surface area contributed by atoms with Crippen LogP contribution in [0.25, 0.3) is 22.6 Å². The first-order valence-corrected chi connectivity index (χ1v) is 10.8. The molecule has 1 amide bonds. The van der Waals surface area contributed by atoms with Crippen LogP contribution >= 0.6 is 0 Å². The van der Waals surface area contributed by atoms with Gasteiger partial charge in [-0.2, -0.15) is 5.26 Å². The minimum Gasteiger partial charge on any atom is -0.320 e. The number of nitrogens with zero attached hydrogens (tertiary/aromatic N) is 4. The summed E-state index contributed by atoms with van der Waals surface area (Å²) in [6.45, 7) is 1.17. The number of carbonyl (C=O) groups excluding carboxylic acids is 2. The molecule has 0 spiro atoms. The van der Waals surface area contributed by atoms with Crippen molar-refractivity contribution in [2.24, 2.45) is 0 Å². The molecule has 0 unspecified atom stereocenters. The highest BCUT2D eigenvalue weighted by Crippen LogP contribution is 2.32. The van der Waals surface area contributed by atoms with Gasteiger partial charge in [-0.3, -0.25) is 19.6 Å². The number of carbonyl (C=O) groups is 2. The largest absolute Gasteiger partial charge is 0.320 e. The summed E-state index contributed by atoms with van der Waals surface area (Å²) in [6, 6.07) is 11.6. The highest BCUT2D eigenvalue weighted by Gasteiger charge is 2.47. The third-order valence-electron chi connectivity index (χ3n) is 5.87. The average Bonchev–Trinajstić information content (AvgIpc) is 3.16. The SMILES string of the molecule is C/C(=C\c1cccnc1)c1ccc2nccc(C(=O)CCC(=O)N3CC(F)(F)C[C@H]3C#N)c2c1. The van der Waals surface area contributed by atoms with Gasteiger partial charge in [-0.1, -0.05) is 12.1 Å². The fourth-order valence-electron chi connectivity index (χ4n) is 4.12. The van der Waals surface area contributed by atoms with Gasteiger partial charge in [-0.25, -0.2) is 8.78 Å². The molecule has 0 bridgehead atoms. The number of ketones is 1. The number of nitriles is 1. The molecule has 0 N–H and O–H groups in total. The normalized spacial score (nSPS) is 17.5. The van der Waals surface area contributed by atoms with E-state index in [9.17, 15) is 18.4 Å². The van der Waals surface area contributed by atoms with E-state index in [0.29, 0.717) is 16.5 Å². The maximum absolute atomic E-state index is 13.6. The van der Waals surface area contributed by atoms with Crippen LogP contribution in [0.4, 0.5) is 8.78 Å². The maximum Gasteiger partial charge on any atom is 0.268 e. The number of allylic oxidation sites excluding steroid dienone is 1. The Morgan fingerprint density at radius 2 is 2.06 bits per heavy atom. The lowest BCUT2D eigenvalue weighted by molar-refractivity contribution is -0.132. The molecule has 1 aliphatic heterocycles. The zero-order valence-electron chi connectivity index (χ0n) is 18.5. The molecule has 0 radical (unpaired) electrons. The number of likely N-dealkylation sites (tertiary alicyclic amines) is 1. The van der Waals surface area contributed by atoms with Crippen molar-refractivity contribution in [1.82, 2.24) is 14.9 Å². The van der Waals surface area contributed by atoms with Gasteiger partial charge in [0.15, 0.2) is 5.78 Å². The molecule has 1 atom stereocenters. The third kappa shape index (κ3) is 4.99. The van der Waals surface area contributed by atoms with E-state index in [1.54, 1.807) is 24.5 Å². The number of halogens is 2. The van der Waals surface area contributed by atoms with Gasteiger partial charge < -0.3 is 4.90 Å². The van der Waals surface area contributed by atoms with Crippen LogP contribution in [0.15, 0.2) is 55.0 Å². The molecular formula is C26H22F2N4O2. The number of hydrogen-bond donors (Lipinski definition) is 0. The molecule has 3 aromatic rings. The molecule has 1 aromatic carbocycles. The zero-order valence-corrected chi connectivity index (χ0v) is 18.5. The van der Waals surface area contributed by atoms with Crippen molar-refractivity contribution < 1.29 is 18.4 Å². The highest BCUT2D eigenvalue weighted by molar-refractivity contribution is 6.08. The predicted molar refractivity (Wildman–Crippen MR) is 124 cm³/mol. The summed E-state index contributed by atoms with van der Waals surface area (Å²) in [6.07, 6.45) is 5.92. The molecule has 172 valence electrons. The van der Waals surface area contributed by atoms with Gasteiger partial charge in [0.25, 0.3) is 5.92 Å². The number of amides is 1. The summed E-state index contributed by atoms with van der Waals surface area (Å²) in [7, 11) is 0. The van der Waals surface area contributed by atoms with E-state index in [2.05, 4.69) is 9.97 Å². The summed E-state index contributed by atoms with van der Waals surface area (Å²) in [5.41, 5.74) is 3.89. The summed E-state index contributed by atoms with van der Waals surface area (Å²) < 4.78 is 27.3. The number of alkyl halides is 2. The van der Waals surface area contributed by atoms with E-state index in [0.717, 1.165) is 21.6 Å². The Morgan fingerprint density at radius 3 is 2.79 bits per heavy atom. The predicted octanol–water partition coefficient (Wildman–Crippen LogP) is 4.91. The van der Waals surface area contributed by atoms with Crippen molar-refractivity contribution in [3.8, 4) is 6.07 Å². The van der Waals surface area contributed by atoms with E-state index in [1.165, 1.54) is 6.20 Å². The summed E-state index contributed by atoms with van der Waals surface area (Å²) in [4.78, 5) is 34.8. The lowest BCUT2D eigenvalue weighted by Crippen LogP contribution is -2.36. The Hall–Kier alpha value is -3.99. The van der Waals surface area contributed by atoms with Crippen molar-refractivity contribution in [3.63, 3.8) is 0 Å². The molecular weight excluding hydrogens is 438 g/mol. The van der Waals surface area contributed by atoms with Crippen LogP contribution in [0.3, 0.4) is 0 Å². The summed E-state index contributed by atoms with van der Waals surface area (Å²) in [5.74, 6) is -3.99. The van der Waals surface area contributed by atoms with E-state index < -0.39 is 30.8 Å². The molecule has 1 saturated heterocycles. The molecule has 1 fully saturated rings. The van der Waals surface area contributed by atoms with Crippen LogP contribution in [-0.4, -0.2) is 45.1 Å². The van der Waals surface area contributed by atoms with E-state index in [1.807, 2.05) is 43.3 Å². The minimum atomic E-state index is -3.08. The Balaban J connectivity index is 1.54. The smallest absolute Gasteiger partial charge is 0.268 e. The molecule has 3 heterocycles. The van der Waals surface area contributed by atoms with Gasteiger partial charge in [0, 0.05) is 48.8 Å². The van der Waals surface area contributed by atoms with E-state index in [-0.39, 0.29) is 18.6 Å². The molecule has 2 aromatic heterocycles. The number of fused-ring (bicyclic) bond motifs is 1. The molecule has 0 aliphatic carbocycles. The standard InChI is InChI=1S/C26H22F2N4O2/c1-17(11-18-3-2-9-30-15-18)19-4-5-23-22(12-19)21(8-10-31-23)24(33)6-7-25(34)32-16-26(27,28)13-20(32)14-29/h2-5,8-12,15,20H,6-7,13,16H2,1H3/b17-11+/t20-/m0/s1. The zero-order chi connectivity index (χ0) is 24.3. The number of benzene rings is 1. The van der Waals surface area contributed by atoms with Crippen LogP contribution < -0.4 is 0 Å². The van der Waals surface area contributed by atoms with Crippen molar-refractivity contribution >= 4 is 34.2 Å². The second kappa shape index (κ2) is 9.48. The Labute approximate surface area is 195 Å². The highest BCUT2D eigenvalue weighted by atomic mass is 19.3. The first-order chi connectivity index (χ1) is 16.3. The lowest BCUT2D eigenvalue weighted by Gasteiger charge is -2.18. The average molecular weight is 460 g/mol. The van der Waals surface area contributed by atoms with Crippen molar-refractivity contribution in [3.05, 3.63) is 71.7 Å². The molecule has 8 heteroatoms. The van der Waals surface area contributed by atoms with Crippen LogP contribution in [0.2, 0.25) is 0 Å². The molecule has 6 nitrogen and oxygen atoms in total. The van der Waals surface area contributed by atoms with Crippen molar-refractivity contribution in [1.29, 1.82) is 5.26 Å². The second-order valence-corrected chi connectivity index (χ2v) is 8.35. The summed E-state index contributed by atoms with van der Waals surface area (Å²) >= 11 is 0. The lowest BCUT2D eigenvalue weighted by atomic mass is 9.97. The minimum absolute atomic E-state index is 0.146. The molecule has 1 aliphatic rings. The van der Waals surface area contributed by atoms with Gasteiger partial charge in [0.05, 0.1) is 18.1 Å². The van der Waals surface area contributed by atoms with Crippen molar-refractivity contribution in [2.45, 2.75) is 38.2 Å². The van der Waals surface area contributed by atoms with Gasteiger partial charge in [0.2, 0.25) is 5.91 Å². The van der Waals surface area contributed by atoms with Crippen LogP contribution in [0.5, 0.6) is 0 Å². The molecule has 4 rings (SSSR count). The Bertz CT molecular complexity index is 1320. The fraction of sp³-hybridized carbons (Fsp3) is 0.269. The number of Topliss-reactive ketones (excluding diaryl/α,β-unsaturated/α-hetero) is 1. The number of rotatable bonds is 6. The van der Waals surface area contributed by atoms with Crippen LogP contribution in [-0.2, 0) is 4.79 Å². The van der Waals surface area contributed by atoms with Gasteiger partial charge in [-0.05, 0) is 54.0 Å². The quantitative estimate of drug-likeness (QED) is 0.488. The fourth-order valence-corrected chi connectivity index (χ4v) is 4.12. The maximum atomic E-state index is 13.6. The van der Waals surface area contributed by atoms with Gasteiger partial charge >= 0.3 is 0 Å². The first kappa shape index (κ1) is 23.2. The topological polar surface area (TPSA) is 87.0 Å². The Morgan fingerprint density at radius 1 is 1.24 bits per heavy atom. The van der Waals surface area contributed by atoms with Crippen molar-refractivity contribution in [2.75, 3.05) is 6.54 Å². The third-order valence-corrected chi connectivity index (χ3v) is 5.87. The summed E-state index contributed by atoms with van der Waals surface area (Å²) in [5, 5.41) is 9.75. The van der Waals surface area contributed by atoms with Crippen LogP contribution in [0.1, 0.15) is 47.7 Å². The van der Waals surface area contributed by atoms with Crippen LogP contribution in [0, 0.1) is 11.3 Å². The number of aromatic nitrogens is 2. The number of hydrogen-bond acceptors (Lipinski definition) is 5. The molecule has 34 heavy (non-hydrogen) atoms.